The molecule has 2 rings (SSSR count). The first-order chi connectivity index (χ1) is 8.81. The first kappa shape index (κ1) is 13.5. The van der Waals surface area contributed by atoms with Crippen molar-refractivity contribution in [1.82, 2.24) is 9.78 Å². The molecular weight excluding hydrogens is 269 g/mol. The van der Waals surface area contributed by atoms with Gasteiger partial charge in [0.15, 0.2) is 0 Å². The van der Waals surface area contributed by atoms with E-state index in [1.54, 1.807) is 20.9 Å². The maximum atomic E-state index is 13.1. The molecule has 0 amide bonds. The standard InChI is InChI=1S/C12H14FN3O2S/c1-8-12(9(2)16(3)14-8)19(17,18)15-11-6-4-5-10(13)7-11/h4-7,15H,1-3H3. The Balaban J connectivity index is 2.44. The number of halogens is 1. The predicted octanol–water partition coefficient (Wildman–Crippen LogP) is 1.98. The molecule has 0 aliphatic rings. The van der Waals surface area contributed by atoms with E-state index in [1.165, 1.54) is 22.9 Å². The van der Waals surface area contributed by atoms with Gasteiger partial charge in [0.25, 0.3) is 10.0 Å². The van der Waals surface area contributed by atoms with Crippen LogP contribution < -0.4 is 4.72 Å². The fourth-order valence-corrected chi connectivity index (χ4v) is 3.39. The van der Waals surface area contributed by atoms with Crippen LogP contribution in [-0.2, 0) is 17.1 Å². The Hall–Kier alpha value is -1.89. The van der Waals surface area contributed by atoms with Crippen LogP contribution in [0.2, 0.25) is 0 Å². The molecule has 1 aromatic carbocycles. The highest BCUT2D eigenvalue weighted by Crippen LogP contribution is 2.22. The second-order valence-electron chi connectivity index (χ2n) is 4.24. The molecule has 1 N–H and O–H groups in total. The van der Waals surface area contributed by atoms with Gasteiger partial charge in [-0.05, 0) is 32.0 Å². The molecule has 0 aliphatic heterocycles. The van der Waals surface area contributed by atoms with Crippen molar-refractivity contribution in [2.75, 3.05) is 4.72 Å². The van der Waals surface area contributed by atoms with Crippen molar-refractivity contribution in [3.8, 4) is 0 Å². The summed E-state index contributed by atoms with van der Waals surface area (Å²) in [6.45, 7) is 3.28. The van der Waals surface area contributed by atoms with Gasteiger partial charge >= 0.3 is 0 Å². The highest BCUT2D eigenvalue weighted by atomic mass is 32.2. The summed E-state index contributed by atoms with van der Waals surface area (Å²) in [5.74, 6) is -0.500. The Labute approximate surface area is 111 Å². The Morgan fingerprint density at radius 1 is 1.32 bits per heavy atom. The van der Waals surface area contributed by atoms with Crippen LogP contribution in [0.1, 0.15) is 11.4 Å². The average molecular weight is 283 g/mol. The predicted molar refractivity (Wildman–Crippen MR) is 69.9 cm³/mol. The Bertz CT molecular complexity index is 723. The van der Waals surface area contributed by atoms with Crippen LogP contribution in [0, 0.1) is 19.7 Å². The van der Waals surface area contributed by atoms with E-state index in [-0.39, 0.29) is 10.6 Å². The van der Waals surface area contributed by atoms with Crippen LogP contribution in [0.5, 0.6) is 0 Å². The summed E-state index contributed by atoms with van der Waals surface area (Å²) in [4.78, 5) is 0.124. The van der Waals surface area contributed by atoms with Crippen LogP contribution >= 0.6 is 0 Å². The zero-order valence-electron chi connectivity index (χ0n) is 10.8. The van der Waals surface area contributed by atoms with Crippen molar-refractivity contribution in [3.05, 3.63) is 41.5 Å². The minimum Gasteiger partial charge on any atom is -0.279 e. The number of aromatic nitrogens is 2. The zero-order valence-corrected chi connectivity index (χ0v) is 11.6. The van der Waals surface area contributed by atoms with Gasteiger partial charge in [-0.25, -0.2) is 12.8 Å². The average Bonchev–Trinajstić information content (AvgIpc) is 2.52. The quantitative estimate of drug-likeness (QED) is 0.936. The molecule has 2 aromatic rings. The van der Waals surface area contributed by atoms with Crippen LogP contribution in [0.3, 0.4) is 0 Å². The van der Waals surface area contributed by atoms with E-state index in [0.29, 0.717) is 11.4 Å². The van der Waals surface area contributed by atoms with Crippen molar-refractivity contribution in [2.24, 2.45) is 7.05 Å². The maximum absolute atomic E-state index is 13.1. The van der Waals surface area contributed by atoms with Crippen molar-refractivity contribution in [3.63, 3.8) is 0 Å². The topological polar surface area (TPSA) is 64.0 Å². The molecule has 0 saturated heterocycles. The van der Waals surface area contributed by atoms with E-state index in [1.807, 2.05) is 0 Å². The third kappa shape index (κ3) is 2.60. The molecule has 102 valence electrons. The summed E-state index contributed by atoms with van der Waals surface area (Å²) in [5.41, 5.74) is 1.12. The molecule has 1 heterocycles. The van der Waals surface area contributed by atoms with Gasteiger partial charge in [0.05, 0.1) is 17.1 Å². The summed E-state index contributed by atoms with van der Waals surface area (Å²) in [6.07, 6.45) is 0. The summed E-state index contributed by atoms with van der Waals surface area (Å²) >= 11 is 0. The van der Waals surface area contributed by atoms with Crippen molar-refractivity contribution in [2.45, 2.75) is 18.7 Å². The van der Waals surface area contributed by atoms with Crippen molar-refractivity contribution < 1.29 is 12.8 Å². The molecular formula is C12H14FN3O2S. The highest BCUT2D eigenvalue weighted by molar-refractivity contribution is 7.92. The first-order valence-corrected chi connectivity index (χ1v) is 7.08. The van der Waals surface area contributed by atoms with Crippen LogP contribution in [0.25, 0.3) is 0 Å². The number of nitrogens with zero attached hydrogens (tertiary/aromatic N) is 2. The molecule has 0 atom stereocenters. The Morgan fingerprint density at radius 3 is 2.53 bits per heavy atom. The largest absolute Gasteiger partial charge is 0.279 e. The summed E-state index contributed by atoms with van der Waals surface area (Å²) in [7, 11) is -2.10. The maximum Gasteiger partial charge on any atom is 0.265 e. The van der Waals surface area contributed by atoms with Gasteiger partial charge in [-0.15, -0.1) is 0 Å². The number of aryl methyl sites for hydroxylation is 2. The van der Waals surface area contributed by atoms with Gasteiger partial charge in [0.2, 0.25) is 0 Å². The lowest BCUT2D eigenvalue weighted by molar-refractivity contribution is 0.599. The molecule has 0 bridgehead atoms. The van der Waals surface area contributed by atoms with Crippen molar-refractivity contribution in [1.29, 1.82) is 0 Å². The zero-order chi connectivity index (χ0) is 14.2. The number of hydrogen-bond acceptors (Lipinski definition) is 3. The number of sulfonamides is 1. The number of benzene rings is 1. The molecule has 7 heteroatoms. The fourth-order valence-electron chi connectivity index (χ4n) is 1.90. The van der Waals surface area contributed by atoms with Gasteiger partial charge in [0.1, 0.15) is 10.7 Å². The lowest BCUT2D eigenvalue weighted by Gasteiger charge is -2.08. The molecule has 19 heavy (non-hydrogen) atoms. The van der Waals surface area contributed by atoms with Gasteiger partial charge in [-0.2, -0.15) is 5.10 Å². The Kier molecular flexibility index (Phi) is 3.32. The van der Waals surface area contributed by atoms with Gasteiger partial charge < -0.3 is 0 Å². The van der Waals surface area contributed by atoms with Crippen LogP contribution in [0.15, 0.2) is 29.2 Å². The summed E-state index contributed by atoms with van der Waals surface area (Å²) in [5, 5.41) is 4.06. The SMILES string of the molecule is Cc1nn(C)c(C)c1S(=O)(=O)Nc1cccc(F)c1. The number of anilines is 1. The number of nitrogens with one attached hydrogen (secondary N) is 1. The minimum absolute atomic E-state index is 0.124. The molecule has 0 aliphatic carbocycles. The second kappa shape index (κ2) is 4.65. The van der Waals surface area contributed by atoms with E-state index >= 15 is 0 Å². The third-order valence-corrected chi connectivity index (χ3v) is 4.42. The third-order valence-electron chi connectivity index (χ3n) is 2.79. The lowest BCUT2D eigenvalue weighted by Crippen LogP contribution is -2.15. The molecule has 0 radical (unpaired) electrons. The molecule has 0 spiro atoms. The van der Waals surface area contributed by atoms with E-state index in [9.17, 15) is 12.8 Å². The van der Waals surface area contributed by atoms with E-state index in [0.717, 1.165) is 6.07 Å². The molecule has 0 unspecified atom stereocenters. The molecule has 0 saturated carbocycles. The van der Waals surface area contributed by atoms with Gasteiger partial charge in [-0.3, -0.25) is 9.40 Å². The highest BCUT2D eigenvalue weighted by Gasteiger charge is 2.23. The van der Waals surface area contributed by atoms with E-state index in [4.69, 9.17) is 0 Å². The molecule has 1 aromatic heterocycles. The van der Waals surface area contributed by atoms with E-state index < -0.39 is 15.8 Å². The number of rotatable bonds is 3. The van der Waals surface area contributed by atoms with Gasteiger partial charge in [-0.1, -0.05) is 6.07 Å². The summed E-state index contributed by atoms with van der Waals surface area (Å²) in [6, 6.07) is 5.30. The van der Waals surface area contributed by atoms with Crippen LogP contribution in [0.4, 0.5) is 10.1 Å². The van der Waals surface area contributed by atoms with E-state index in [2.05, 4.69) is 9.82 Å². The lowest BCUT2D eigenvalue weighted by atomic mass is 10.3. The van der Waals surface area contributed by atoms with Crippen molar-refractivity contribution >= 4 is 15.7 Å². The van der Waals surface area contributed by atoms with Crippen LogP contribution in [-0.4, -0.2) is 18.2 Å². The van der Waals surface area contributed by atoms with Gasteiger partial charge in [0, 0.05) is 7.05 Å². The first-order valence-electron chi connectivity index (χ1n) is 5.60. The fraction of sp³-hybridized carbons (Fsp3) is 0.250. The second-order valence-corrected chi connectivity index (χ2v) is 5.86. The summed E-state index contributed by atoms with van der Waals surface area (Å²) < 4.78 is 41.5. The smallest absolute Gasteiger partial charge is 0.265 e. The molecule has 0 fully saturated rings. The molecule has 5 nitrogen and oxygen atoms in total. The Morgan fingerprint density at radius 2 is 2.00 bits per heavy atom. The normalized spacial score (nSPS) is 11.6. The number of hydrogen-bond donors (Lipinski definition) is 1. The monoisotopic (exact) mass is 283 g/mol. The minimum atomic E-state index is -3.77.